The summed E-state index contributed by atoms with van der Waals surface area (Å²) in [6.45, 7) is 0. The number of carboxylic acid groups (broad SMARTS) is 1. The maximum atomic E-state index is 12.4. The largest absolute Gasteiger partial charge is 0.481 e. The zero-order valence-electron chi connectivity index (χ0n) is 10.5. The van der Waals surface area contributed by atoms with E-state index in [1.54, 1.807) is 4.90 Å². The van der Waals surface area contributed by atoms with E-state index in [9.17, 15) is 19.7 Å². The van der Waals surface area contributed by atoms with Crippen LogP contribution in [0, 0.1) is 16.0 Å². The SMILES string of the molecule is O=C(O)C1CC2CCC1N2C(=O)c1ccc([N+](=O)[O-])[nH]1. The number of amides is 1. The van der Waals surface area contributed by atoms with Crippen LogP contribution in [0.3, 0.4) is 0 Å². The minimum Gasteiger partial charge on any atom is -0.481 e. The number of aromatic nitrogens is 1. The average Bonchev–Trinajstić information content (AvgIpc) is 3.11. The van der Waals surface area contributed by atoms with Gasteiger partial charge >= 0.3 is 11.8 Å². The number of nitro groups is 1. The highest BCUT2D eigenvalue weighted by molar-refractivity contribution is 5.94. The second-order valence-electron chi connectivity index (χ2n) is 5.21. The third-order valence-corrected chi connectivity index (χ3v) is 4.19. The number of H-pyrrole nitrogens is 1. The summed E-state index contributed by atoms with van der Waals surface area (Å²) in [5.41, 5.74) is 0.139. The number of carboxylic acids is 1. The summed E-state index contributed by atoms with van der Waals surface area (Å²) in [5.74, 6) is -2.00. The van der Waals surface area contributed by atoms with Crippen molar-refractivity contribution < 1.29 is 19.6 Å². The first-order valence-electron chi connectivity index (χ1n) is 6.38. The van der Waals surface area contributed by atoms with E-state index in [4.69, 9.17) is 5.11 Å². The van der Waals surface area contributed by atoms with E-state index >= 15 is 0 Å². The summed E-state index contributed by atoms with van der Waals surface area (Å²) < 4.78 is 0. The van der Waals surface area contributed by atoms with Gasteiger partial charge in [0.15, 0.2) is 5.69 Å². The fourth-order valence-electron chi connectivity index (χ4n) is 3.32. The van der Waals surface area contributed by atoms with Gasteiger partial charge in [-0.05, 0) is 30.3 Å². The lowest BCUT2D eigenvalue weighted by molar-refractivity contribution is -0.389. The third kappa shape index (κ3) is 1.75. The van der Waals surface area contributed by atoms with E-state index in [1.165, 1.54) is 12.1 Å². The predicted octanol–water partition coefficient (Wildman–Crippen LogP) is 1.00. The van der Waals surface area contributed by atoms with Crippen LogP contribution in [-0.4, -0.2) is 43.9 Å². The molecule has 2 aliphatic heterocycles. The standard InChI is InChI=1S/C12H13N3O5/c16-11(8-2-4-10(13-8)15(19)20)14-6-1-3-9(14)7(5-6)12(17)18/h2,4,6-7,9,13H,1,3,5H2,(H,17,18). The van der Waals surface area contributed by atoms with Crippen LogP contribution in [0.1, 0.15) is 29.8 Å². The quantitative estimate of drug-likeness (QED) is 0.632. The molecule has 2 bridgehead atoms. The molecule has 2 aliphatic rings. The van der Waals surface area contributed by atoms with Crippen molar-refractivity contribution in [3.63, 3.8) is 0 Å². The second kappa shape index (κ2) is 4.32. The minimum atomic E-state index is -0.882. The summed E-state index contributed by atoms with van der Waals surface area (Å²) in [6, 6.07) is 2.23. The van der Waals surface area contributed by atoms with Gasteiger partial charge in [0.2, 0.25) is 0 Å². The molecule has 2 saturated heterocycles. The number of fused-ring (bicyclic) bond motifs is 2. The molecule has 8 nitrogen and oxygen atoms in total. The molecule has 3 atom stereocenters. The first-order chi connectivity index (χ1) is 9.49. The Labute approximate surface area is 113 Å². The Morgan fingerprint density at radius 1 is 1.40 bits per heavy atom. The van der Waals surface area contributed by atoms with Crippen molar-refractivity contribution in [2.75, 3.05) is 0 Å². The smallest absolute Gasteiger partial charge is 0.321 e. The normalized spacial score (nSPS) is 27.8. The summed E-state index contributed by atoms with van der Waals surface area (Å²) in [5, 5.41) is 19.8. The van der Waals surface area contributed by atoms with Crippen molar-refractivity contribution >= 4 is 17.7 Å². The van der Waals surface area contributed by atoms with Crippen LogP contribution >= 0.6 is 0 Å². The van der Waals surface area contributed by atoms with Crippen molar-refractivity contribution in [2.24, 2.45) is 5.92 Å². The molecule has 3 heterocycles. The van der Waals surface area contributed by atoms with Crippen LogP contribution in [0.4, 0.5) is 5.82 Å². The molecule has 0 radical (unpaired) electrons. The number of carbonyl (C=O) groups excluding carboxylic acids is 1. The Kier molecular flexibility index (Phi) is 2.73. The molecule has 2 N–H and O–H groups in total. The summed E-state index contributed by atoms with van der Waals surface area (Å²) >= 11 is 0. The van der Waals surface area contributed by atoms with Crippen LogP contribution in [0.15, 0.2) is 12.1 Å². The van der Waals surface area contributed by atoms with Gasteiger partial charge in [0.1, 0.15) is 0 Å². The molecule has 3 rings (SSSR count). The molecule has 8 heteroatoms. The number of aliphatic carboxylic acids is 1. The number of nitrogens with zero attached hydrogens (tertiary/aromatic N) is 2. The first kappa shape index (κ1) is 12.6. The molecule has 20 heavy (non-hydrogen) atoms. The summed E-state index contributed by atoms with van der Waals surface area (Å²) in [6.07, 6.45) is 1.94. The van der Waals surface area contributed by atoms with Gasteiger partial charge in [-0.25, -0.2) is 4.98 Å². The minimum absolute atomic E-state index is 0.0732. The zero-order chi connectivity index (χ0) is 14.4. The molecule has 2 fully saturated rings. The number of aromatic amines is 1. The third-order valence-electron chi connectivity index (χ3n) is 4.19. The van der Waals surface area contributed by atoms with Crippen molar-refractivity contribution in [2.45, 2.75) is 31.3 Å². The number of nitrogens with one attached hydrogen (secondary N) is 1. The van der Waals surface area contributed by atoms with E-state index in [2.05, 4.69) is 4.98 Å². The average molecular weight is 279 g/mol. The van der Waals surface area contributed by atoms with Crippen molar-refractivity contribution in [3.05, 3.63) is 27.9 Å². The monoisotopic (exact) mass is 279 g/mol. The van der Waals surface area contributed by atoms with Crippen LogP contribution in [0.2, 0.25) is 0 Å². The highest BCUT2D eigenvalue weighted by atomic mass is 16.6. The lowest BCUT2D eigenvalue weighted by atomic mass is 9.89. The Bertz CT molecular complexity index is 596. The molecule has 0 saturated carbocycles. The lowest BCUT2D eigenvalue weighted by Crippen LogP contribution is -2.38. The van der Waals surface area contributed by atoms with Crippen molar-refractivity contribution in [1.29, 1.82) is 0 Å². The van der Waals surface area contributed by atoms with E-state index in [1.807, 2.05) is 0 Å². The maximum Gasteiger partial charge on any atom is 0.321 e. The predicted molar refractivity (Wildman–Crippen MR) is 66.2 cm³/mol. The van der Waals surface area contributed by atoms with Crippen molar-refractivity contribution in [1.82, 2.24) is 9.88 Å². The molecule has 1 aromatic rings. The Balaban J connectivity index is 1.84. The molecular weight excluding hydrogens is 266 g/mol. The molecule has 1 aromatic heterocycles. The number of carbonyl (C=O) groups is 2. The van der Waals surface area contributed by atoms with E-state index in [0.29, 0.717) is 12.8 Å². The molecule has 0 aliphatic carbocycles. The number of rotatable bonds is 3. The summed E-state index contributed by atoms with van der Waals surface area (Å²) in [4.78, 5) is 37.6. The van der Waals surface area contributed by atoms with E-state index in [0.717, 1.165) is 6.42 Å². The van der Waals surface area contributed by atoms with Crippen LogP contribution in [-0.2, 0) is 4.79 Å². The van der Waals surface area contributed by atoms with Crippen molar-refractivity contribution in [3.8, 4) is 0 Å². The van der Waals surface area contributed by atoms with Crippen LogP contribution in [0.25, 0.3) is 0 Å². The Morgan fingerprint density at radius 3 is 2.70 bits per heavy atom. The summed E-state index contributed by atoms with van der Waals surface area (Å²) in [7, 11) is 0. The van der Waals surface area contributed by atoms with Gasteiger partial charge < -0.3 is 20.1 Å². The maximum absolute atomic E-state index is 12.4. The van der Waals surface area contributed by atoms with Gasteiger partial charge in [-0.1, -0.05) is 0 Å². The van der Waals surface area contributed by atoms with Gasteiger partial charge in [0.05, 0.1) is 5.92 Å². The van der Waals surface area contributed by atoms with Gasteiger partial charge in [-0.2, -0.15) is 0 Å². The Hall–Kier alpha value is -2.38. The van der Waals surface area contributed by atoms with Gasteiger partial charge in [-0.15, -0.1) is 0 Å². The highest BCUT2D eigenvalue weighted by Crippen LogP contribution is 2.42. The second-order valence-corrected chi connectivity index (χ2v) is 5.21. The molecule has 1 amide bonds. The first-order valence-corrected chi connectivity index (χ1v) is 6.38. The lowest BCUT2D eigenvalue weighted by Gasteiger charge is -2.21. The van der Waals surface area contributed by atoms with Gasteiger partial charge in [0.25, 0.3) is 5.91 Å². The Morgan fingerprint density at radius 2 is 2.15 bits per heavy atom. The number of hydrogen-bond donors (Lipinski definition) is 2. The van der Waals surface area contributed by atoms with Crippen LogP contribution < -0.4 is 0 Å². The molecule has 106 valence electrons. The fourth-order valence-corrected chi connectivity index (χ4v) is 3.32. The van der Waals surface area contributed by atoms with E-state index < -0.39 is 16.8 Å². The zero-order valence-corrected chi connectivity index (χ0v) is 10.5. The topological polar surface area (TPSA) is 117 Å². The van der Waals surface area contributed by atoms with E-state index in [-0.39, 0.29) is 29.5 Å². The number of hydrogen-bond acceptors (Lipinski definition) is 4. The molecule has 3 unspecified atom stereocenters. The molecule has 0 aromatic carbocycles. The van der Waals surface area contributed by atoms with Crippen LogP contribution in [0.5, 0.6) is 0 Å². The molecule has 0 spiro atoms. The molecular formula is C12H13N3O5. The van der Waals surface area contributed by atoms with Gasteiger partial charge in [0, 0.05) is 18.2 Å². The van der Waals surface area contributed by atoms with Gasteiger partial charge in [-0.3, -0.25) is 9.59 Å². The fraction of sp³-hybridized carbons (Fsp3) is 0.500. The highest BCUT2D eigenvalue weighted by Gasteiger charge is 2.52.